The van der Waals surface area contributed by atoms with E-state index in [1.807, 2.05) is 19.2 Å². The van der Waals surface area contributed by atoms with Crippen LogP contribution in [0.2, 0.25) is 0 Å². The van der Waals surface area contributed by atoms with Gasteiger partial charge in [0.2, 0.25) is 0 Å². The van der Waals surface area contributed by atoms with Gasteiger partial charge in [0, 0.05) is 12.5 Å². The monoisotopic (exact) mass is 273 g/mol. The minimum Gasteiger partial charge on any atom is -0.453 e. The summed E-state index contributed by atoms with van der Waals surface area (Å²) in [6, 6.07) is 4.19. The van der Waals surface area contributed by atoms with Gasteiger partial charge in [0.15, 0.2) is 4.67 Å². The molecule has 0 amide bonds. The van der Waals surface area contributed by atoms with Gasteiger partial charge in [-0.15, -0.1) is 0 Å². The average Bonchev–Trinajstić information content (AvgIpc) is 2.79. The quantitative estimate of drug-likeness (QED) is 0.920. The van der Waals surface area contributed by atoms with Crippen molar-refractivity contribution in [3.8, 4) is 0 Å². The number of ether oxygens (including phenoxy) is 1. The Labute approximate surface area is 98.3 Å². The molecular formula is C11H16BrNO2. The Balaban J connectivity index is 2.16. The fourth-order valence-electron chi connectivity index (χ4n) is 2.25. The Morgan fingerprint density at radius 1 is 1.53 bits per heavy atom. The number of rotatable bonds is 3. The van der Waals surface area contributed by atoms with Gasteiger partial charge in [-0.25, -0.2) is 0 Å². The smallest absolute Gasteiger partial charge is 0.169 e. The first-order chi connectivity index (χ1) is 7.22. The number of furan rings is 1. The molecule has 15 heavy (non-hydrogen) atoms. The van der Waals surface area contributed by atoms with Crippen LogP contribution in [-0.4, -0.2) is 19.8 Å². The van der Waals surface area contributed by atoms with E-state index in [-0.39, 0.29) is 6.04 Å². The van der Waals surface area contributed by atoms with E-state index in [1.165, 1.54) is 0 Å². The molecule has 1 fully saturated rings. The summed E-state index contributed by atoms with van der Waals surface area (Å²) in [7, 11) is 1.96. The zero-order valence-corrected chi connectivity index (χ0v) is 10.6. The highest BCUT2D eigenvalue weighted by molar-refractivity contribution is 9.10. The first-order valence-corrected chi connectivity index (χ1v) is 6.05. The SMILES string of the molecule is CNC(c1ccc(Br)o1)C1CCOC1C. The van der Waals surface area contributed by atoms with Gasteiger partial charge in [0.25, 0.3) is 0 Å². The van der Waals surface area contributed by atoms with Crippen molar-refractivity contribution in [1.82, 2.24) is 5.32 Å². The van der Waals surface area contributed by atoms with Crippen LogP contribution in [-0.2, 0) is 4.74 Å². The lowest BCUT2D eigenvalue weighted by Crippen LogP contribution is -2.29. The molecule has 1 aliphatic rings. The van der Waals surface area contributed by atoms with Gasteiger partial charge >= 0.3 is 0 Å². The molecule has 0 spiro atoms. The van der Waals surface area contributed by atoms with Gasteiger partial charge in [-0.2, -0.15) is 0 Å². The van der Waals surface area contributed by atoms with E-state index in [0.717, 1.165) is 23.5 Å². The number of hydrogen-bond acceptors (Lipinski definition) is 3. The first kappa shape index (κ1) is 11.2. The Bertz CT molecular complexity index is 326. The molecule has 3 nitrogen and oxygen atoms in total. The Morgan fingerprint density at radius 2 is 2.33 bits per heavy atom. The minimum absolute atomic E-state index is 0.244. The maximum atomic E-state index is 5.60. The molecule has 1 aliphatic heterocycles. The van der Waals surface area contributed by atoms with Crippen molar-refractivity contribution in [1.29, 1.82) is 0 Å². The summed E-state index contributed by atoms with van der Waals surface area (Å²) in [5.74, 6) is 1.47. The van der Waals surface area contributed by atoms with Crippen LogP contribution in [0.15, 0.2) is 21.2 Å². The van der Waals surface area contributed by atoms with E-state index in [4.69, 9.17) is 9.15 Å². The van der Waals surface area contributed by atoms with E-state index in [0.29, 0.717) is 12.0 Å². The fraction of sp³-hybridized carbons (Fsp3) is 0.636. The van der Waals surface area contributed by atoms with Crippen molar-refractivity contribution in [3.05, 3.63) is 22.6 Å². The molecule has 3 atom stereocenters. The lowest BCUT2D eigenvalue weighted by atomic mass is 9.92. The van der Waals surface area contributed by atoms with E-state index in [1.54, 1.807) is 0 Å². The van der Waals surface area contributed by atoms with Crippen LogP contribution in [0.1, 0.15) is 25.1 Å². The van der Waals surface area contributed by atoms with Crippen molar-refractivity contribution in [2.45, 2.75) is 25.5 Å². The zero-order chi connectivity index (χ0) is 10.8. The predicted molar refractivity (Wildman–Crippen MR) is 61.7 cm³/mol. The third kappa shape index (κ3) is 2.27. The molecular weight excluding hydrogens is 258 g/mol. The third-order valence-corrected chi connectivity index (χ3v) is 3.50. The van der Waals surface area contributed by atoms with Crippen LogP contribution >= 0.6 is 15.9 Å². The Kier molecular flexibility index (Phi) is 3.49. The number of halogens is 1. The molecule has 4 heteroatoms. The normalized spacial score (nSPS) is 28.2. The number of hydrogen-bond donors (Lipinski definition) is 1. The molecule has 1 saturated heterocycles. The summed E-state index contributed by atoms with van der Waals surface area (Å²) < 4.78 is 12.0. The van der Waals surface area contributed by atoms with Gasteiger partial charge in [0.05, 0.1) is 12.1 Å². The highest BCUT2D eigenvalue weighted by Crippen LogP contribution is 2.34. The molecule has 0 radical (unpaired) electrons. The summed E-state index contributed by atoms with van der Waals surface area (Å²) in [6.45, 7) is 2.98. The Morgan fingerprint density at radius 3 is 2.80 bits per heavy atom. The molecule has 84 valence electrons. The Hall–Kier alpha value is -0.320. The molecule has 3 unspecified atom stereocenters. The second-order valence-electron chi connectivity index (χ2n) is 3.94. The van der Waals surface area contributed by atoms with E-state index in [9.17, 15) is 0 Å². The predicted octanol–water partition coefficient (Wildman–Crippen LogP) is 2.73. The van der Waals surface area contributed by atoms with Crippen LogP contribution in [0.4, 0.5) is 0 Å². The second-order valence-corrected chi connectivity index (χ2v) is 4.72. The zero-order valence-electron chi connectivity index (χ0n) is 9.00. The van der Waals surface area contributed by atoms with Gasteiger partial charge in [-0.3, -0.25) is 0 Å². The molecule has 0 bridgehead atoms. The highest BCUT2D eigenvalue weighted by Gasteiger charge is 2.33. The molecule has 0 aromatic carbocycles. The molecule has 2 heterocycles. The lowest BCUT2D eigenvalue weighted by Gasteiger charge is -2.23. The summed E-state index contributed by atoms with van der Waals surface area (Å²) >= 11 is 3.33. The lowest BCUT2D eigenvalue weighted by molar-refractivity contribution is 0.0934. The van der Waals surface area contributed by atoms with Crippen LogP contribution in [0.3, 0.4) is 0 Å². The van der Waals surface area contributed by atoms with E-state index >= 15 is 0 Å². The van der Waals surface area contributed by atoms with Crippen LogP contribution in [0.25, 0.3) is 0 Å². The minimum atomic E-state index is 0.244. The maximum Gasteiger partial charge on any atom is 0.169 e. The van der Waals surface area contributed by atoms with Crippen LogP contribution < -0.4 is 5.32 Å². The summed E-state index contributed by atoms with van der Waals surface area (Å²) in [6.07, 6.45) is 1.39. The van der Waals surface area contributed by atoms with Gasteiger partial charge < -0.3 is 14.5 Å². The summed E-state index contributed by atoms with van der Waals surface area (Å²) in [5.41, 5.74) is 0. The van der Waals surface area contributed by atoms with E-state index in [2.05, 4.69) is 28.2 Å². The molecule has 1 aromatic heterocycles. The molecule has 2 rings (SSSR count). The van der Waals surface area contributed by atoms with Gasteiger partial charge in [0.1, 0.15) is 5.76 Å². The van der Waals surface area contributed by atoms with Crippen molar-refractivity contribution < 1.29 is 9.15 Å². The van der Waals surface area contributed by atoms with Crippen molar-refractivity contribution in [2.24, 2.45) is 5.92 Å². The van der Waals surface area contributed by atoms with Gasteiger partial charge in [-0.05, 0) is 48.5 Å². The average molecular weight is 274 g/mol. The maximum absolute atomic E-state index is 5.60. The summed E-state index contributed by atoms with van der Waals surface area (Å²) in [5, 5.41) is 3.31. The first-order valence-electron chi connectivity index (χ1n) is 5.26. The third-order valence-electron chi connectivity index (χ3n) is 3.07. The van der Waals surface area contributed by atoms with Gasteiger partial charge in [-0.1, -0.05) is 0 Å². The van der Waals surface area contributed by atoms with E-state index < -0.39 is 0 Å². The van der Waals surface area contributed by atoms with Crippen LogP contribution in [0, 0.1) is 5.92 Å². The second kappa shape index (κ2) is 4.68. The molecule has 1 N–H and O–H groups in total. The van der Waals surface area contributed by atoms with Crippen LogP contribution in [0.5, 0.6) is 0 Å². The fourth-order valence-corrected chi connectivity index (χ4v) is 2.57. The standard InChI is InChI=1S/C11H16BrNO2/c1-7-8(5-6-14-7)11(13-2)9-3-4-10(12)15-9/h3-4,7-8,11,13H,5-6H2,1-2H3. The molecule has 1 aromatic rings. The summed E-state index contributed by atoms with van der Waals surface area (Å²) in [4.78, 5) is 0. The molecule has 0 aliphatic carbocycles. The molecule has 0 saturated carbocycles. The van der Waals surface area contributed by atoms with Crippen molar-refractivity contribution in [3.63, 3.8) is 0 Å². The number of nitrogens with one attached hydrogen (secondary N) is 1. The van der Waals surface area contributed by atoms with Crippen molar-refractivity contribution >= 4 is 15.9 Å². The largest absolute Gasteiger partial charge is 0.453 e. The highest BCUT2D eigenvalue weighted by atomic mass is 79.9. The topological polar surface area (TPSA) is 34.4 Å². The van der Waals surface area contributed by atoms with Crippen molar-refractivity contribution in [2.75, 3.05) is 13.7 Å².